The van der Waals surface area contributed by atoms with Crippen molar-refractivity contribution >= 4 is 74.0 Å². The average Bonchev–Trinajstić information content (AvgIpc) is 3.16. The second-order valence-electron chi connectivity index (χ2n) is 6.74. The van der Waals surface area contributed by atoms with Crippen LogP contribution in [-0.4, -0.2) is 24.9 Å². The molecule has 1 heterocycles. The second-order valence-corrected chi connectivity index (χ2v) is 9.17. The van der Waals surface area contributed by atoms with Crippen LogP contribution in [0.4, 0.5) is 0 Å². The zero-order valence-corrected chi connectivity index (χ0v) is 21.5. The normalized spacial score (nSPS) is 14.1. The van der Waals surface area contributed by atoms with Crippen molar-refractivity contribution in [3.05, 3.63) is 96.1 Å². The Bertz CT molecular complexity index is 1340. The van der Waals surface area contributed by atoms with Gasteiger partial charge in [-0.15, -0.1) is 0 Å². The third-order valence-corrected chi connectivity index (χ3v) is 7.24. The molecule has 0 fully saturated rings. The summed E-state index contributed by atoms with van der Waals surface area (Å²) < 4.78 is 18.0. The molecule has 33 heavy (non-hydrogen) atoms. The molecule has 0 aliphatic carbocycles. The molecule has 0 spiro atoms. The van der Waals surface area contributed by atoms with Crippen LogP contribution in [0.5, 0.6) is 11.5 Å². The van der Waals surface area contributed by atoms with E-state index >= 15 is 0 Å². The molecule has 166 valence electrons. The lowest BCUT2D eigenvalue weighted by Crippen LogP contribution is -2.09. The average molecular weight is 639 g/mol. The minimum Gasteiger partial charge on any atom is -0.493 e. The molecule has 0 amide bonds. The van der Waals surface area contributed by atoms with Gasteiger partial charge in [0.15, 0.2) is 17.2 Å². The smallest absolute Gasteiger partial charge is 0.363 e. The van der Waals surface area contributed by atoms with E-state index in [0.29, 0.717) is 16.9 Å². The number of hydrogen-bond donors (Lipinski definition) is 0. The van der Waals surface area contributed by atoms with E-state index < -0.39 is 11.9 Å². The first kappa shape index (κ1) is 23.5. The molecule has 0 bridgehead atoms. The van der Waals surface area contributed by atoms with Gasteiger partial charge in [-0.05, 0) is 92.6 Å². The fourth-order valence-corrected chi connectivity index (χ4v) is 3.89. The molecule has 0 N–H and O–H groups in total. The zero-order chi connectivity index (χ0) is 23.5. The quantitative estimate of drug-likeness (QED) is 0.142. The molecule has 0 saturated heterocycles. The van der Waals surface area contributed by atoms with E-state index in [9.17, 15) is 9.59 Å². The summed E-state index contributed by atoms with van der Waals surface area (Å²) in [6, 6.07) is 17.0. The molecular weight excluding hydrogens is 625 g/mol. The van der Waals surface area contributed by atoms with Gasteiger partial charge in [-0.2, -0.15) is 0 Å². The summed E-state index contributed by atoms with van der Waals surface area (Å²) in [7, 11) is 1.45. The highest BCUT2D eigenvalue weighted by atomic mass is 127. The van der Waals surface area contributed by atoms with Crippen LogP contribution < -0.4 is 9.47 Å². The van der Waals surface area contributed by atoms with Crippen molar-refractivity contribution in [3.8, 4) is 11.5 Å². The number of carbonyl (C=O) groups is 2. The molecule has 4 rings (SSSR count). The first-order valence-electron chi connectivity index (χ1n) is 9.48. The summed E-state index contributed by atoms with van der Waals surface area (Å²) in [5.74, 6) is -0.427. The van der Waals surface area contributed by atoms with Crippen LogP contribution in [0.1, 0.15) is 21.5 Å². The summed E-state index contributed by atoms with van der Waals surface area (Å²) in [4.78, 5) is 29.1. The molecule has 9 heteroatoms. The van der Waals surface area contributed by atoms with Gasteiger partial charge in [0, 0.05) is 13.6 Å². The number of cyclic esters (lactones) is 1. The maximum Gasteiger partial charge on any atom is 0.363 e. The SMILES string of the molecule is COc1cc(/C=C2\N=C(c3ccc(I)c(Br)c3)OC2=O)ccc1OC(=O)c1ccccc1Cl. The van der Waals surface area contributed by atoms with Crippen molar-refractivity contribution in [1.29, 1.82) is 0 Å². The largest absolute Gasteiger partial charge is 0.493 e. The van der Waals surface area contributed by atoms with Crippen LogP contribution in [0.3, 0.4) is 0 Å². The topological polar surface area (TPSA) is 74.2 Å². The van der Waals surface area contributed by atoms with Gasteiger partial charge in [0.1, 0.15) is 0 Å². The molecule has 3 aromatic carbocycles. The molecule has 0 radical (unpaired) electrons. The van der Waals surface area contributed by atoms with E-state index in [2.05, 4.69) is 43.5 Å². The van der Waals surface area contributed by atoms with Gasteiger partial charge in [-0.3, -0.25) is 0 Å². The standard InChI is InChI=1S/C24H14BrClINO5/c1-31-21-11-13(6-9-20(21)32-23(29)15-4-2-3-5-17(15)26)10-19-24(30)33-22(28-19)14-7-8-18(27)16(25)12-14/h2-12H,1H3/b19-10-. The fourth-order valence-electron chi connectivity index (χ4n) is 2.96. The number of hydrogen-bond acceptors (Lipinski definition) is 6. The number of methoxy groups -OCH3 is 1. The lowest BCUT2D eigenvalue weighted by atomic mass is 10.1. The predicted octanol–water partition coefficient (Wildman–Crippen LogP) is 6.28. The number of carbonyl (C=O) groups excluding carboxylic acids is 2. The Kier molecular flexibility index (Phi) is 7.16. The molecule has 0 saturated carbocycles. The van der Waals surface area contributed by atoms with Crippen molar-refractivity contribution in [2.75, 3.05) is 7.11 Å². The molecule has 1 aliphatic heterocycles. The minimum absolute atomic E-state index is 0.141. The van der Waals surface area contributed by atoms with Crippen molar-refractivity contribution in [1.82, 2.24) is 0 Å². The van der Waals surface area contributed by atoms with Crippen LogP contribution >= 0.6 is 50.1 Å². The Morgan fingerprint density at radius 2 is 1.91 bits per heavy atom. The minimum atomic E-state index is -0.609. The number of aliphatic imine (C=N–C) groups is 1. The van der Waals surface area contributed by atoms with Crippen LogP contribution in [0.2, 0.25) is 5.02 Å². The third-order valence-electron chi connectivity index (χ3n) is 4.57. The van der Waals surface area contributed by atoms with Crippen LogP contribution in [-0.2, 0) is 9.53 Å². The summed E-state index contributed by atoms with van der Waals surface area (Å²) >= 11 is 11.7. The lowest BCUT2D eigenvalue weighted by molar-refractivity contribution is -0.129. The maximum absolute atomic E-state index is 12.5. The van der Waals surface area contributed by atoms with E-state index in [-0.39, 0.29) is 27.9 Å². The van der Waals surface area contributed by atoms with Gasteiger partial charge in [0.05, 0.1) is 17.7 Å². The fraction of sp³-hybridized carbons (Fsp3) is 0.0417. The molecule has 0 unspecified atom stereocenters. The number of nitrogens with zero attached hydrogens (tertiary/aromatic N) is 1. The van der Waals surface area contributed by atoms with E-state index in [0.717, 1.165) is 8.04 Å². The highest BCUT2D eigenvalue weighted by Gasteiger charge is 2.25. The van der Waals surface area contributed by atoms with Gasteiger partial charge < -0.3 is 14.2 Å². The van der Waals surface area contributed by atoms with Crippen molar-refractivity contribution < 1.29 is 23.8 Å². The Labute approximate surface area is 216 Å². The van der Waals surface area contributed by atoms with Crippen LogP contribution in [0.15, 0.2) is 75.8 Å². The molecule has 3 aromatic rings. The van der Waals surface area contributed by atoms with Gasteiger partial charge in [0.25, 0.3) is 0 Å². The monoisotopic (exact) mass is 637 g/mol. The van der Waals surface area contributed by atoms with Gasteiger partial charge >= 0.3 is 11.9 Å². The molecular formula is C24H14BrClINO5. The summed E-state index contributed by atoms with van der Waals surface area (Å²) in [6.07, 6.45) is 1.57. The molecule has 1 aliphatic rings. The van der Waals surface area contributed by atoms with E-state index in [4.69, 9.17) is 25.8 Å². The Hall–Kier alpha value is -2.69. The lowest BCUT2D eigenvalue weighted by Gasteiger charge is -2.10. The summed E-state index contributed by atoms with van der Waals surface area (Å²) in [6.45, 7) is 0. The first-order chi connectivity index (χ1) is 15.9. The van der Waals surface area contributed by atoms with Crippen molar-refractivity contribution in [2.45, 2.75) is 0 Å². The van der Waals surface area contributed by atoms with Crippen LogP contribution in [0.25, 0.3) is 6.08 Å². The Balaban J connectivity index is 1.59. The Morgan fingerprint density at radius 3 is 2.64 bits per heavy atom. The van der Waals surface area contributed by atoms with Gasteiger partial charge in [-0.1, -0.05) is 29.8 Å². The third kappa shape index (κ3) is 5.29. The number of rotatable bonds is 5. The van der Waals surface area contributed by atoms with Crippen molar-refractivity contribution in [2.24, 2.45) is 4.99 Å². The van der Waals surface area contributed by atoms with E-state index in [1.165, 1.54) is 7.11 Å². The van der Waals surface area contributed by atoms with Crippen molar-refractivity contribution in [3.63, 3.8) is 0 Å². The highest BCUT2D eigenvalue weighted by Crippen LogP contribution is 2.31. The van der Waals surface area contributed by atoms with Gasteiger partial charge in [0.2, 0.25) is 5.90 Å². The van der Waals surface area contributed by atoms with Gasteiger partial charge in [-0.25, -0.2) is 14.6 Å². The molecule has 6 nitrogen and oxygen atoms in total. The Morgan fingerprint density at radius 1 is 1.12 bits per heavy atom. The number of halogens is 3. The summed E-state index contributed by atoms with van der Waals surface area (Å²) in [5.41, 5.74) is 1.68. The predicted molar refractivity (Wildman–Crippen MR) is 137 cm³/mol. The summed E-state index contributed by atoms with van der Waals surface area (Å²) in [5, 5.41) is 0.288. The number of benzene rings is 3. The highest BCUT2D eigenvalue weighted by molar-refractivity contribution is 14.1. The maximum atomic E-state index is 12.5. The van der Waals surface area contributed by atoms with Crippen LogP contribution in [0, 0.1) is 3.57 Å². The number of ether oxygens (including phenoxy) is 3. The molecule has 0 atom stereocenters. The molecule has 0 aromatic heterocycles. The first-order valence-corrected chi connectivity index (χ1v) is 11.7. The van der Waals surface area contributed by atoms with E-state index in [1.54, 1.807) is 48.5 Å². The van der Waals surface area contributed by atoms with E-state index in [1.807, 2.05) is 18.2 Å². The zero-order valence-electron chi connectivity index (χ0n) is 17.0. The second kappa shape index (κ2) is 10.1. The number of esters is 2.